The van der Waals surface area contributed by atoms with E-state index in [1.807, 2.05) is 0 Å². The van der Waals surface area contributed by atoms with Gasteiger partial charge >= 0.3 is 6.01 Å². The van der Waals surface area contributed by atoms with E-state index in [1.54, 1.807) is 0 Å². The number of nitrogens with two attached hydrogens (primary N) is 1. The number of methoxy groups -OCH3 is 1. The van der Waals surface area contributed by atoms with Crippen molar-refractivity contribution in [2.75, 3.05) is 31.3 Å². The number of hydrogen-bond acceptors (Lipinski definition) is 7. The Morgan fingerprint density at radius 2 is 2.29 bits per heavy atom. The Morgan fingerprint density at radius 1 is 1.47 bits per heavy atom. The topological polar surface area (TPSA) is 95.2 Å². The molecule has 2 heterocycles. The van der Waals surface area contributed by atoms with E-state index in [1.165, 1.54) is 7.11 Å². The zero-order chi connectivity index (χ0) is 12.3. The van der Waals surface area contributed by atoms with E-state index in [-0.39, 0.29) is 18.1 Å². The van der Waals surface area contributed by atoms with Crippen LogP contribution in [0.25, 0.3) is 0 Å². The van der Waals surface area contributed by atoms with Gasteiger partial charge in [0.15, 0.2) is 0 Å². The summed E-state index contributed by atoms with van der Waals surface area (Å²) in [6.07, 6.45) is 1.31. The van der Waals surface area contributed by atoms with Crippen molar-refractivity contribution >= 4 is 11.9 Å². The van der Waals surface area contributed by atoms with E-state index in [9.17, 15) is 0 Å². The summed E-state index contributed by atoms with van der Waals surface area (Å²) in [5.74, 6) is 1.06. The van der Waals surface area contributed by atoms with Gasteiger partial charge in [-0.3, -0.25) is 0 Å². The van der Waals surface area contributed by atoms with Crippen LogP contribution < -0.4 is 15.8 Å². The van der Waals surface area contributed by atoms with Gasteiger partial charge in [0, 0.05) is 19.1 Å². The van der Waals surface area contributed by atoms with Crippen molar-refractivity contribution in [2.45, 2.75) is 19.4 Å². The van der Waals surface area contributed by atoms with Crippen molar-refractivity contribution in [2.24, 2.45) is 5.92 Å². The molecule has 0 aliphatic carbocycles. The van der Waals surface area contributed by atoms with Crippen LogP contribution in [0.3, 0.4) is 0 Å². The maximum Gasteiger partial charge on any atom is 0.322 e. The van der Waals surface area contributed by atoms with Crippen molar-refractivity contribution in [3.63, 3.8) is 0 Å². The van der Waals surface area contributed by atoms with Crippen LogP contribution in [0, 0.1) is 5.92 Å². The van der Waals surface area contributed by atoms with Gasteiger partial charge in [-0.05, 0) is 13.3 Å². The molecular weight excluding hydrogens is 222 g/mol. The lowest BCUT2D eigenvalue weighted by Crippen LogP contribution is -2.22. The molecule has 3 N–H and O–H groups in total. The maximum absolute atomic E-state index is 5.54. The number of aromatic nitrogens is 3. The molecule has 17 heavy (non-hydrogen) atoms. The molecule has 0 radical (unpaired) electrons. The molecule has 0 aromatic carbocycles. The number of ether oxygens (including phenoxy) is 2. The van der Waals surface area contributed by atoms with E-state index in [0.29, 0.717) is 11.9 Å². The summed E-state index contributed by atoms with van der Waals surface area (Å²) < 4.78 is 10.4. The molecule has 0 bridgehead atoms. The second-order valence-electron chi connectivity index (χ2n) is 4.01. The third-order valence-corrected chi connectivity index (χ3v) is 2.87. The lowest BCUT2D eigenvalue weighted by Gasteiger charge is -2.14. The molecule has 1 aromatic heterocycles. The molecule has 2 unspecified atom stereocenters. The van der Waals surface area contributed by atoms with Gasteiger partial charge in [-0.1, -0.05) is 0 Å². The van der Waals surface area contributed by atoms with Crippen LogP contribution >= 0.6 is 0 Å². The highest BCUT2D eigenvalue weighted by Gasteiger charge is 2.24. The lowest BCUT2D eigenvalue weighted by atomic mass is 10.0. The zero-order valence-corrected chi connectivity index (χ0v) is 10.0. The van der Waals surface area contributed by atoms with Crippen molar-refractivity contribution < 1.29 is 9.47 Å². The van der Waals surface area contributed by atoms with E-state index in [0.717, 1.165) is 19.6 Å². The number of hydrogen-bond donors (Lipinski definition) is 2. The minimum atomic E-state index is 0.148. The van der Waals surface area contributed by atoms with Crippen molar-refractivity contribution in [1.29, 1.82) is 0 Å². The van der Waals surface area contributed by atoms with Gasteiger partial charge in [0.05, 0.1) is 13.2 Å². The molecule has 1 aliphatic heterocycles. The Kier molecular flexibility index (Phi) is 3.58. The second-order valence-corrected chi connectivity index (χ2v) is 4.01. The number of nitrogens with zero attached hydrogens (tertiary/aromatic N) is 3. The summed E-state index contributed by atoms with van der Waals surface area (Å²) in [7, 11) is 1.49. The van der Waals surface area contributed by atoms with E-state index in [4.69, 9.17) is 15.2 Å². The van der Waals surface area contributed by atoms with Crippen molar-refractivity contribution in [3.05, 3.63) is 0 Å². The Labute approximate surface area is 99.8 Å². The summed E-state index contributed by atoms with van der Waals surface area (Å²) in [6, 6.07) is 0.218. The number of nitrogens with one attached hydrogen (secondary N) is 1. The van der Waals surface area contributed by atoms with Crippen LogP contribution in [-0.2, 0) is 4.74 Å². The van der Waals surface area contributed by atoms with Crippen molar-refractivity contribution in [1.82, 2.24) is 15.0 Å². The summed E-state index contributed by atoms with van der Waals surface area (Å²) in [5, 5.41) is 3.13. The summed E-state index contributed by atoms with van der Waals surface area (Å²) in [4.78, 5) is 11.9. The average molecular weight is 239 g/mol. The highest BCUT2D eigenvalue weighted by Crippen LogP contribution is 2.20. The molecular formula is C10H17N5O2. The first-order valence-electron chi connectivity index (χ1n) is 5.60. The molecule has 94 valence electrons. The first-order chi connectivity index (χ1) is 8.19. The summed E-state index contributed by atoms with van der Waals surface area (Å²) >= 11 is 0. The standard InChI is InChI=1S/C10H17N5O2/c1-6-7(3-4-17-6)5-12-9-13-8(11)14-10(15-9)16-2/h6-7H,3-5H2,1-2H3,(H3,11,12,13,14,15). The zero-order valence-electron chi connectivity index (χ0n) is 10.0. The molecule has 0 amide bonds. The predicted molar refractivity (Wildman–Crippen MR) is 62.8 cm³/mol. The molecule has 2 rings (SSSR count). The SMILES string of the molecule is COc1nc(N)nc(NCC2CCOC2C)n1. The van der Waals surface area contributed by atoms with Crippen LogP contribution in [0.2, 0.25) is 0 Å². The van der Waals surface area contributed by atoms with Gasteiger partial charge in [-0.2, -0.15) is 15.0 Å². The van der Waals surface area contributed by atoms with Crippen LogP contribution in [0.4, 0.5) is 11.9 Å². The van der Waals surface area contributed by atoms with E-state index >= 15 is 0 Å². The number of rotatable bonds is 4. The Morgan fingerprint density at radius 3 is 2.94 bits per heavy atom. The van der Waals surface area contributed by atoms with Gasteiger partial charge in [0.1, 0.15) is 0 Å². The smallest absolute Gasteiger partial charge is 0.322 e. The molecule has 2 atom stereocenters. The monoisotopic (exact) mass is 239 g/mol. The summed E-state index contributed by atoms with van der Waals surface area (Å²) in [6.45, 7) is 3.64. The van der Waals surface area contributed by atoms with Crippen LogP contribution in [0.5, 0.6) is 6.01 Å². The van der Waals surface area contributed by atoms with Gasteiger partial charge in [-0.25, -0.2) is 0 Å². The second kappa shape index (κ2) is 5.13. The molecule has 0 spiro atoms. The van der Waals surface area contributed by atoms with Crippen LogP contribution in [0.1, 0.15) is 13.3 Å². The third-order valence-electron chi connectivity index (χ3n) is 2.87. The number of nitrogen functional groups attached to an aromatic ring is 1. The minimum Gasteiger partial charge on any atom is -0.467 e. The van der Waals surface area contributed by atoms with Gasteiger partial charge in [0.25, 0.3) is 0 Å². The molecule has 7 heteroatoms. The largest absolute Gasteiger partial charge is 0.467 e. The quantitative estimate of drug-likeness (QED) is 0.780. The fraction of sp³-hybridized carbons (Fsp3) is 0.700. The van der Waals surface area contributed by atoms with Gasteiger partial charge < -0.3 is 20.5 Å². The Hall–Kier alpha value is -1.63. The van der Waals surface area contributed by atoms with Crippen LogP contribution in [0.15, 0.2) is 0 Å². The highest BCUT2D eigenvalue weighted by atomic mass is 16.5. The molecule has 7 nitrogen and oxygen atoms in total. The van der Waals surface area contributed by atoms with Gasteiger partial charge in [0.2, 0.25) is 11.9 Å². The van der Waals surface area contributed by atoms with Crippen LogP contribution in [-0.4, -0.2) is 41.3 Å². The highest BCUT2D eigenvalue weighted by molar-refractivity contribution is 5.32. The lowest BCUT2D eigenvalue weighted by molar-refractivity contribution is 0.108. The Balaban J connectivity index is 1.96. The molecule has 0 saturated carbocycles. The first kappa shape index (κ1) is 11.8. The first-order valence-corrected chi connectivity index (χ1v) is 5.60. The molecule has 1 aromatic rings. The fourth-order valence-corrected chi connectivity index (χ4v) is 1.81. The van der Waals surface area contributed by atoms with E-state index in [2.05, 4.69) is 27.2 Å². The fourth-order valence-electron chi connectivity index (χ4n) is 1.81. The molecule has 1 aliphatic rings. The average Bonchev–Trinajstić information content (AvgIpc) is 2.71. The van der Waals surface area contributed by atoms with E-state index < -0.39 is 0 Å². The van der Waals surface area contributed by atoms with Crippen molar-refractivity contribution in [3.8, 4) is 6.01 Å². The minimum absolute atomic E-state index is 0.148. The Bertz CT molecular complexity index is 387. The molecule has 1 saturated heterocycles. The van der Waals surface area contributed by atoms with Gasteiger partial charge in [-0.15, -0.1) is 0 Å². The number of anilines is 2. The summed E-state index contributed by atoms with van der Waals surface area (Å²) in [5.41, 5.74) is 5.54. The maximum atomic E-state index is 5.54. The third kappa shape index (κ3) is 2.94. The molecule has 1 fully saturated rings. The normalized spacial score (nSPS) is 23.6. The predicted octanol–water partition coefficient (Wildman–Crippen LogP) is 0.299.